The van der Waals surface area contributed by atoms with Gasteiger partial charge in [-0.05, 0) is 43.4 Å². The van der Waals surface area contributed by atoms with Crippen LogP contribution in [-0.4, -0.2) is 22.5 Å². The Hall–Kier alpha value is -1.84. The van der Waals surface area contributed by atoms with Crippen LogP contribution in [0.4, 0.5) is 0 Å². The number of benzene rings is 1. The average molecular weight is 289 g/mol. The molecular formula is C17H23NO3. The monoisotopic (exact) mass is 289 g/mol. The summed E-state index contributed by atoms with van der Waals surface area (Å²) in [4.78, 5) is 23.4. The van der Waals surface area contributed by atoms with Gasteiger partial charge in [0.05, 0.1) is 18.4 Å². The van der Waals surface area contributed by atoms with Crippen molar-refractivity contribution in [2.24, 2.45) is 0 Å². The van der Waals surface area contributed by atoms with E-state index in [0.717, 1.165) is 42.4 Å². The Balaban J connectivity index is 2.08. The number of carbonyl (C=O) groups is 2. The molecular weight excluding hydrogens is 266 g/mol. The highest BCUT2D eigenvalue weighted by Crippen LogP contribution is 2.32. The summed E-state index contributed by atoms with van der Waals surface area (Å²) in [6, 6.07) is 5.98. The fourth-order valence-corrected chi connectivity index (χ4v) is 3.32. The number of carboxylic acids is 1. The molecule has 0 aliphatic heterocycles. The van der Waals surface area contributed by atoms with Gasteiger partial charge in [-0.1, -0.05) is 31.0 Å². The van der Waals surface area contributed by atoms with E-state index in [1.165, 1.54) is 0 Å². The van der Waals surface area contributed by atoms with Gasteiger partial charge in [-0.3, -0.25) is 9.59 Å². The molecule has 2 N–H and O–H groups in total. The largest absolute Gasteiger partial charge is 0.481 e. The number of nitrogens with one attached hydrogen (secondary N) is 1. The van der Waals surface area contributed by atoms with Crippen molar-refractivity contribution >= 4 is 11.9 Å². The Morgan fingerprint density at radius 2 is 1.76 bits per heavy atom. The quantitative estimate of drug-likeness (QED) is 0.876. The molecule has 4 heteroatoms. The van der Waals surface area contributed by atoms with Crippen molar-refractivity contribution < 1.29 is 14.7 Å². The minimum absolute atomic E-state index is 0.0193. The molecule has 1 saturated carbocycles. The van der Waals surface area contributed by atoms with Crippen LogP contribution in [0.25, 0.3) is 0 Å². The number of hydrogen-bond donors (Lipinski definition) is 2. The zero-order chi connectivity index (χ0) is 15.5. The first-order chi connectivity index (χ1) is 9.92. The predicted octanol–water partition coefficient (Wildman–Crippen LogP) is 2.75. The summed E-state index contributed by atoms with van der Waals surface area (Å²) < 4.78 is 0. The van der Waals surface area contributed by atoms with Gasteiger partial charge < -0.3 is 10.4 Å². The van der Waals surface area contributed by atoms with Crippen molar-refractivity contribution in [2.45, 2.75) is 57.9 Å². The van der Waals surface area contributed by atoms with E-state index >= 15 is 0 Å². The molecule has 0 saturated heterocycles. The van der Waals surface area contributed by atoms with Crippen LogP contribution >= 0.6 is 0 Å². The topological polar surface area (TPSA) is 66.4 Å². The first kappa shape index (κ1) is 15.5. The third-order valence-corrected chi connectivity index (χ3v) is 4.44. The van der Waals surface area contributed by atoms with Crippen molar-refractivity contribution in [3.05, 3.63) is 34.9 Å². The highest BCUT2D eigenvalue weighted by Gasteiger charge is 2.37. The summed E-state index contributed by atoms with van der Waals surface area (Å²) in [7, 11) is 0. The van der Waals surface area contributed by atoms with Gasteiger partial charge in [-0.25, -0.2) is 0 Å². The fourth-order valence-electron chi connectivity index (χ4n) is 3.32. The SMILES string of the molecule is Cc1cccc(C)c1CC(=O)NC1(CC(=O)O)CCCC1. The molecule has 1 amide bonds. The van der Waals surface area contributed by atoms with Gasteiger partial charge in [-0.2, -0.15) is 0 Å². The molecule has 0 aromatic heterocycles. The maximum atomic E-state index is 12.4. The summed E-state index contributed by atoms with van der Waals surface area (Å²) >= 11 is 0. The van der Waals surface area contributed by atoms with Crippen molar-refractivity contribution in [3.63, 3.8) is 0 Å². The van der Waals surface area contributed by atoms with E-state index in [4.69, 9.17) is 5.11 Å². The Kier molecular flexibility index (Phi) is 4.66. The third kappa shape index (κ3) is 3.84. The minimum atomic E-state index is -0.843. The first-order valence-electron chi connectivity index (χ1n) is 7.50. The Labute approximate surface area is 125 Å². The molecule has 0 spiro atoms. The molecule has 1 aromatic carbocycles. The summed E-state index contributed by atoms with van der Waals surface area (Å²) in [6.45, 7) is 4.00. The van der Waals surface area contributed by atoms with E-state index in [-0.39, 0.29) is 12.3 Å². The molecule has 0 heterocycles. The van der Waals surface area contributed by atoms with Crippen LogP contribution in [0.5, 0.6) is 0 Å². The number of amides is 1. The van der Waals surface area contributed by atoms with Crippen LogP contribution in [0.15, 0.2) is 18.2 Å². The Bertz CT molecular complexity index is 525. The van der Waals surface area contributed by atoms with E-state index < -0.39 is 11.5 Å². The minimum Gasteiger partial charge on any atom is -0.481 e. The highest BCUT2D eigenvalue weighted by molar-refractivity contribution is 5.81. The maximum absolute atomic E-state index is 12.4. The smallest absolute Gasteiger partial charge is 0.305 e. The van der Waals surface area contributed by atoms with Crippen molar-refractivity contribution in [1.82, 2.24) is 5.32 Å². The first-order valence-corrected chi connectivity index (χ1v) is 7.50. The van der Waals surface area contributed by atoms with Gasteiger partial charge in [0.25, 0.3) is 0 Å². The van der Waals surface area contributed by atoms with Crippen LogP contribution in [0.1, 0.15) is 48.8 Å². The van der Waals surface area contributed by atoms with Crippen LogP contribution in [0.3, 0.4) is 0 Å². The second kappa shape index (κ2) is 6.29. The molecule has 0 atom stereocenters. The lowest BCUT2D eigenvalue weighted by Gasteiger charge is -2.29. The lowest BCUT2D eigenvalue weighted by atomic mass is 9.92. The zero-order valence-corrected chi connectivity index (χ0v) is 12.7. The van der Waals surface area contributed by atoms with Crippen molar-refractivity contribution in [2.75, 3.05) is 0 Å². The average Bonchev–Trinajstić information content (AvgIpc) is 2.81. The van der Waals surface area contributed by atoms with Crippen LogP contribution < -0.4 is 5.32 Å². The van der Waals surface area contributed by atoms with E-state index in [1.807, 2.05) is 32.0 Å². The van der Waals surface area contributed by atoms with Gasteiger partial charge in [0.2, 0.25) is 5.91 Å². The summed E-state index contributed by atoms with van der Waals surface area (Å²) in [5.74, 6) is -0.917. The number of carbonyl (C=O) groups excluding carboxylic acids is 1. The van der Waals surface area contributed by atoms with Crippen molar-refractivity contribution in [3.8, 4) is 0 Å². The van der Waals surface area contributed by atoms with Gasteiger partial charge >= 0.3 is 5.97 Å². The summed E-state index contributed by atoms with van der Waals surface area (Å²) in [5, 5.41) is 12.1. The molecule has 21 heavy (non-hydrogen) atoms. The second-order valence-corrected chi connectivity index (χ2v) is 6.15. The molecule has 1 fully saturated rings. The van der Waals surface area contributed by atoms with Crippen LogP contribution in [-0.2, 0) is 16.0 Å². The van der Waals surface area contributed by atoms with E-state index in [0.29, 0.717) is 6.42 Å². The molecule has 4 nitrogen and oxygen atoms in total. The lowest BCUT2D eigenvalue weighted by Crippen LogP contribution is -2.48. The predicted molar refractivity (Wildman–Crippen MR) is 81.2 cm³/mol. The molecule has 114 valence electrons. The van der Waals surface area contributed by atoms with Gasteiger partial charge in [0.15, 0.2) is 0 Å². The number of hydrogen-bond acceptors (Lipinski definition) is 2. The molecule has 2 rings (SSSR count). The Morgan fingerprint density at radius 3 is 2.29 bits per heavy atom. The van der Waals surface area contributed by atoms with E-state index in [2.05, 4.69) is 5.32 Å². The molecule has 0 radical (unpaired) electrons. The normalized spacial score (nSPS) is 16.7. The lowest BCUT2D eigenvalue weighted by molar-refractivity contribution is -0.139. The van der Waals surface area contributed by atoms with Gasteiger partial charge in [-0.15, -0.1) is 0 Å². The number of carboxylic acid groups (broad SMARTS) is 1. The second-order valence-electron chi connectivity index (χ2n) is 6.15. The van der Waals surface area contributed by atoms with Gasteiger partial charge in [0.1, 0.15) is 0 Å². The van der Waals surface area contributed by atoms with E-state index in [1.54, 1.807) is 0 Å². The molecule has 0 unspecified atom stereocenters. The van der Waals surface area contributed by atoms with E-state index in [9.17, 15) is 9.59 Å². The molecule has 1 aromatic rings. The maximum Gasteiger partial charge on any atom is 0.305 e. The zero-order valence-electron chi connectivity index (χ0n) is 12.7. The Morgan fingerprint density at radius 1 is 1.19 bits per heavy atom. The molecule has 0 bridgehead atoms. The molecule has 1 aliphatic rings. The standard InChI is InChI=1S/C17H23NO3/c1-12-6-5-7-13(2)14(12)10-15(19)18-17(11-16(20)21)8-3-4-9-17/h5-7H,3-4,8-11H2,1-2H3,(H,18,19)(H,20,21). The molecule has 1 aliphatic carbocycles. The van der Waals surface area contributed by atoms with Crippen LogP contribution in [0, 0.1) is 13.8 Å². The summed E-state index contributed by atoms with van der Waals surface area (Å²) in [6.07, 6.45) is 3.83. The third-order valence-electron chi connectivity index (χ3n) is 4.44. The van der Waals surface area contributed by atoms with Crippen LogP contribution in [0.2, 0.25) is 0 Å². The van der Waals surface area contributed by atoms with Gasteiger partial charge in [0, 0.05) is 0 Å². The number of aryl methyl sites for hydroxylation is 2. The number of aliphatic carboxylic acids is 1. The highest BCUT2D eigenvalue weighted by atomic mass is 16.4. The summed E-state index contributed by atoms with van der Waals surface area (Å²) in [5.41, 5.74) is 2.70. The fraction of sp³-hybridized carbons (Fsp3) is 0.529. The number of rotatable bonds is 5. The van der Waals surface area contributed by atoms with Crippen molar-refractivity contribution in [1.29, 1.82) is 0 Å².